The first-order chi connectivity index (χ1) is 6.26. The van der Waals surface area contributed by atoms with Gasteiger partial charge in [0.15, 0.2) is 0 Å². The van der Waals surface area contributed by atoms with Crippen LogP contribution in [-0.2, 0) is 22.6 Å². The van der Waals surface area contributed by atoms with E-state index in [0.29, 0.717) is 13.2 Å². The Morgan fingerprint density at radius 2 is 2.54 bits per heavy atom. The quantitative estimate of drug-likeness (QED) is 0.662. The van der Waals surface area contributed by atoms with E-state index in [1.807, 2.05) is 0 Å². The fourth-order valence-corrected chi connectivity index (χ4v) is 0.937. The number of hydrogen-bond donors (Lipinski definition) is 1. The molecular weight excluding hydrogens is 170 g/mol. The lowest BCUT2D eigenvalue weighted by Crippen LogP contribution is -2.13. The third-order valence-electron chi connectivity index (χ3n) is 1.52. The van der Waals surface area contributed by atoms with Gasteiger partial charge in [-0.15, -0.1) is 0 Å². The number of rotatable bonds is 4. The van der Waals surface area contributed by atoms with E-state index in [-0.39, 0.29) is 12.5 Å². The predicted molar refractivity (Wildman–Crippen MR) is 46.8 cm³/mol. The zero-order valence-electron chi connectivity index (χ0n) is 7.56. The van der Waals surface area contributed by atoms with Crippen molar-refractivity contribution < 1.29 is 9.53 Å². The van der Waals surface area contributed by atoms with Crippen molar-refractivity contribution in [2.45, 2.75) is 20.0 Å². The van der Waals surface area contributed by atoms with Gasteiger partial charge in [-0.25, -0.2) is 0 Å². The number of carbonyl (C=O) groups excluding carboxylic acids is 1. The molecule has 0 amide bonds. The molecule has 0 spiro atoms. The van der Waals surface area contributed by atoms with Crippen LogP contribution in [0.5, 0.6) is 0 Å². The first kappa shape index (κ1) is 9.73. The molecule has 1 rings (SSSR count). The van der Waals surface area contributed by atoms with Gasteiger partial charge in [-0.3, -0.25) is 9.48 Å². The highest BCUT2D eigenvalue weighted by atomic mass is 16.5. The summed E-state index contributed by atoms with van der Waals surface area (Å²) in [5.41, 5.74) is 6.29. The molecule has 0 saturated carbocycles. The van der Waals surface area contributed by atoms with Crippen LogP contribution in [0.3, 0.4) is 0 Å². The molecule has 72 valence electrons. The molecule has 1 heterocycles. The smallest absolute Gasteiger partial charge is 0.327 e. The first-order valence-corrected chi connectivity index (χ1v) is 4.13. The van der Waals surface area contributed by atoms with Crippen LogP contribution in [-0.4, -0.2) is 22.4 Å². The van der Waals surface area contributed by atoms with Gasteiger partial charge in [0.25, 0.3) is 0 Å². The van der Waals surface area contributed by atoms with Crippen molar-refractivity contribution in [1.82, 2.24) is 9.78 Å². The molecule has 13 heavy (non-hydrogen) atoms. The van der Waals surface area contributed by atoms with Crippen LogP contribution in [0.2, 0.25) is 0 Å². The zero-order valence-corrected chi connectivity index (χ0v) is 7.56. The van der Waals surface area contributed by atoms with Gasteiger partial charge >= 0.3 is 5.97 Å². The second-order valence-corrected chi connectivity index (χ2v) is 2.56. The number of esters is 1. The summed E-state index contributed by atoms with van der Waals surface area (Å²) in [4.78, 5) is 11.0. The van der Waals surface area contributed by atoms with Gasteiger partial charge in [-0.1, -0.05) is 0 Å². The van der Waals surface area contributed by atoms with Gasteiger partial charge in [0.1, 0.15) is 6.54 Å². The van der Waals surface area contributed by atoms with Gasteiger partial charge < -0.3 is 10.5 Å². The SMILES string of the molecule is CCOC(=O)Cn1cc(CN)cn1. The average molecular weight is 183 g/mol. The van der Waals surface area contributed by atoms with E-state index >= 15 is 0 Å². The Balaban J connectivity index is 2.49. The van der Waals surface area contributed by atoms with Crippen LogP contribution < -0.4 is 5.73 Å². The van der Waals surface area contributed by atoms with E-state index in [4.69, 9.17) is 10.5 Å². The highest BCUT2D eigenvalue weighted by Crippen LogP contribution is 1.95. The molecule has 5 nitrogen and oxygen atoms in total. The second kappa shape index (κ2) is 4.61. The summed E-state index contributed by atoms with van der Waals surface area (Å²) in [6, 6.07) is 0. The Morgan fingerprint density at radius 3 is 3.08 bits per heavy atom. The summed E-state index contributed by atoms with van der Waals surface area (Å²) in [6.07, 6.45) is 3.37. The Bertz CT molecular complexity index is 283. The lowest BCUT2D eigenvalue weighted by atomic mass is 10.4. The van der Waals surface area contributed by atoms with Crippen molar-refractivity contribution in [1.29, 1.82) is 0 Å². The Kier molecular flexibility index (Phi) is 3.45. The fraction of sp³-hybridized carbons (Fsp3) is 0.500. The van der Waals surface area contributed by atoms with Crippen molar-refractivity contribution in [3.05, 3.63) is 18.0 Å². The minimum atomic E-state index is -0.283. The van der Waals surface area contributed by atoms with E-state index in [9.17, 15) is 4.79 Å². The normalized spacial score (nSPS) is 10.0. The van der Waals surface area contributed by atoms with Crippen molar-refractivity contribution in [3.63, 3.8) is 0 Å². The Morgan fingerprint density at radius 1 is 1.77 bits per heavy atom. The molecule has 1 aromatic rings. The number of ether oxygens (including phenoxy) is 1. The minimum Gasteiger partial charge on any atom is -0.465 e. The summed E-state index contributed by atoms with van der Waals surface area (Å²) in [5.74, 6) is -0.283. The molecule has 0 aliphatic heterocycles. The first-order valence-electron chi connectivity index (χ1n) is 4.13. The maximum atomic E-state index is 11.0. The van der Waals surface area contributed by atoms with Crippen LogP contribution in [0.15, 0.2) is 12.4 Å². The number of hydrogen-bond acceptors (Lipinski definition) is 4. The highest BCUT2D eigenvalue weighted by Gasteiger charge is 2.03. The third-order valence-corrected chi connectivity index (χ3v) is 1.52. The number of aromatic nitrogens is 2. The summed E-state index contributed by atoms with van der Waals surface area (Å²) in [7, 11) is 0. The number of carbonyl (C=O) groups is 1. The Hall–Kier alpha value is -1.36. The molecule has 0 radical (unpaired) electrons. The van der Waals surface area contributed by atoms with Gasteiger partial charge in [-0.05, 0) is 6.92 Å². The summed E-state index contributed by atoms with van der Waals surface area (Å²) in [5, 5.41) is 3.95. The highest BCUT2D eigenvalue weighted by molar-refractivity contribution is 5.68. The summed E-state index contributed by atoms with van der Waals surface area (Å²) >= 11 is 0. The third kappa shape index (κ3) is 2.87. The maximum Gasteiger partial charge on any atom is 0.327 e. The summed E-state index contributed by atoms with van der Waals surface area (Å²) < 4.78 is 6.27. The van der Waals surface area contributed by atoms with Gasteiger partial charge in [0.05, 0.1) is 12.8 Å². The van der Waals surface area contributed by atoms with Crippen LogP contribution in [0.1, 0.15) is 12.5 Å². The summed E-state index contributed by atoms with van der Waals surface area (Å²) in [6.45, 7) is 2.74. The van der Waals surface area contributed by atoms with Crippen LogP contribution in [0.25, 0.3) is 0 Å². The monoisotopic (exact) mass is 183 g/mol. The second-order valence-electron chi connectivity index (χ2n) is 2.56. The molecule has 0 fully saturated rings. The van der Waals surface area contributed by atoms with Crippen LogP contribution in [0, 0.1) is 0 Å². The maximum absolute atomic E-state index is 11.0. The molecule has 1 aromatic heterocycles. The number of nitrogens with two attached hydrogens (primary N) is 1. The van der Waals surface area contributed by atoms with E-state index in [2.05, 4.69) is 5.10 Å². The lowest BCUT2D eigenvalue weighted by Gasteiger charge is -2.00. The fourth-order valence-electron chi connectivity index (χ4n) is 0.937. The molecular formula is C8H13N3O2. The van der Waals surface area contributed by atoms with E-state index in [1.165, 1.54) is 4.68 Å². The van der Waals surface area contributed by atoms with Crippen molar-refractivity contribution in [2.24, 2.45) is 5.73 Å². The average Bonchev–Trinajstić information content (AvgIpc) is 2.52. The van der Waals surface area contributed by atoms with Gasteiger partial charge in [0.2, 0.25) is 0 Å². The zero-order chi connectivity index (χ0) is 9.68. The lowest BCUT2D eigenvalue weighted by molar-refractivity contribution is -0.144. The molecule has 0 aliphatic carbocycles. The van der Waals surface area contributed by atoms with Crippen molar-refractivity contribution in [3.8, 4) is 0 Å². The molecule has 2 N–H and O–H groups in total. The topological polar surface area (TPSA) is 70.1 Å². The van der Waals surface area contributed by atoms with E-state index in [0.717, 1.165) is 5.56 Å². The van der Waals surface area contributed by atoms with E-state index < -0.39 is 0 Å². The molecule has 0 unspecified atom stereocenters. The molecule has 5 heteroatoms. The van der Waals surface area contributed by atoms with E-state index in [1.54, 1.807) is 19.3 Å². The van der Waals surface area contributed by atoms with Crippen molar-refractivity contribution in [2.75, 3.05) is 6.61 Å². The number of nitrogens with zero attached hydrogens (tertiary/aromatic N) is 2. The largest absolute Gasteiger partial charge is 0.465 e. The molecule has 0 aromatic carbocycles. The Labute approximate surface area is 76.5 Å². The van der Waals surface area contributed by atoms with Gasteiger partial charge in [0, 0.05) is 18.3 Å². The van der Waals surface area contributed by atoms with Crippen LogP contribution in [0.4, 0.5) is 0 Å². The predicted octanol–water partition coefficient (Wildman–Crippen LogP) is -0.0951. The van der Waals surface area contributed by atoms with Crippen LogP contribution >= 0.6 is 0 Å². The molecule has 0 bridgehead atoms. The molecule has 0 saturated heterocycles. The standard InChI is InChI=1S/C8H13N3O2/c1-2-13-8(12)6-11-5-7(3-9)4-10-11/h4-5H,2-3,6,9H2,1H3. The molecule has 0 aliphatic rings. The van der Waals surface area contributed by atoms with Gasteiger partial charge in [-0.2, -0.15) is 5.10 Å². The molecule has 0 atom stereocenters. The minimum absolute atomic E-state index is 0.147. The van der Waals surface area contributed by atoms with Crippen molar-refractivity contribution >= 4 is 5.97 Å².